The van der Waals surface area contributed by atoms with Gasteiger partial charge in [0.05, 0.1) is 6.54 Å². The van der Waals surface area contributed by atoms with Crippen molar-refractivity contribution < 1.29 is 4.79 Å². The molecule has 4 aliphatic rings. The van der Waals surface area contributed by atoms with Crippen LogP contribution in [0.25, 0.3) is 0 Å². The Bertz CT molecular complexity index is 868. The first-order chi connectivity index (χ1) is 14.7. The van der Waals surface area contributed by atoms with Crippen LogP contribution >= 0.6 is 0 Å². The van der Waals surface area contributed by atoms with Gasteiger partial charge in [0.15, 0.2) is 11.6 Å². The normalized spacial score (nSPS) is 24.2. The Morgan fingerprint density at radius 1 is 1.10 bits per heavy atom. The molecule has 0 spiro atoms. The first-order valence-electron chi connectivity index (χ1n) is 11.2. The van der Waals surface area contributed by atoms with Crippen molar-refractivity contribution in [3.05, 3.63) is 23.8 Å². The highest BCUT2D eigenvalue weighted by molar-refractivity contribution is 6.03. The van der Waals surface area contributed by atoms with E-state index in [4.69, 9.17) is 10.7 Å². The van der Waals surface area contributed by atoms with Gasteiger partial charge in [-0.25, -0.2) is 0 Å². The van der Waals surface area contributed by atoms with Gasteiger partial charge in [-0.1, -0.05) is 18.2 Å². The van der Waals surface area contributed by atoms with Gasteiger partial charge in [-0.2, -0.15) is 9.97 Å². The minimum Gasteiger partial charge on any atom is -0.382 e. The molecular weight excluding hydrogens is 378 g/mol. The van der Waals surface area contributed by atoms with Crippen LogP contribution in [0.3, 0.4) is 0 Å². The zero-order valence-electron chi connectivity index (χ0n) is 17.5. The molecule has 1 aliphatic carbocycles. The van der Waals surface area contributed by atoms with Crippen molar-refractivity contribution >= 4 is 29.2 Å². The second-order valence-electron chi connectivity index (χ2n) is 8.85. The number of nitrogens with zero attached hydrogens (tertiary/aromatic N) is 5. The Morgan fingerprint density at radius 2 is 1.87 bits per heavy atom. The topological polar surface area (TPSA) is 90.6 Å². The second-order valence-corrected chi connectivity index (χ2v) is 8.85. The number of carbonyl (C=O) groups excluding carboxylic acids is 1. The smallest absolute Gasteiger partial charge is 0.244 e. The van der Waals surface area contributed by atoms with Gasteiger partial charge in [0.2, 0.25) is 11.9 Å². The molecule has 8 nitrogen and oxygen atoms in total. The van der Waals surface area contributed by atoms with Crippen LogP contribution in [-0.4, -0.2) is 66.6 Å². The fourth-order valence-corrected chi connectivity index (χ4v) is 4.97. The van der Waals surface area contributed by atoms with Crippen molar-refractivity contribution in [3.8, 4) is 0 Å². The zero-order chi connectivity index (χ0) is 20.5. The molecule has 2 fully saturated rings. The number of hydrogen-bond donors (Lipinski definition) is 2. The van der Waals surface area contributed by atoms with Crippen LogP contribution < -0.4 is 20.9 Å². The largest absolute Gasteiger partial charge is 0.382 e. The summed E-state index contributed by atoms with van der Waals surface area (Å²) < 4.78 is 0. The molecule has 0 aromatic carbocycles. The number of anilines is 4. The van der Waals surface area contributed by atoms with Gasteiger partial charge in [0.25, 0.3) is 0 Å². The minimum absolute atomic E-state index is 0.0562. The van der Waals surface area contributed by atoms with Gasteiger partial charge in [-0.05, 0) is 56.7 Å². The highest BCUT2D eigenvalue weighted by Crippen LogP contribution is 2.35. The number of nitrogens with one attached hydrogen (secondary N) is 1. The third-order valence-electron chi connectivity index (χ3n) is 6.47. The molecular formula is C22H31N7O. The summed E-state index contributed by atoms with van der Waals surface area (Å²) in [4.78, 5) is 28.5. The highest BCUT2D eigenvalue weighted by atomic mass is 16.2. The van der Waals surface area contributed by atoms with E-state index in [-0.39, 0.29) is 5.91 Å². The third-order valence-corrected chi connectivity index (χ3v) is 6.47. The van der Waals surface area contributed by atoms with Gasteiger partial charge in [0.1, 0.15) is 5.69 Å². The maximum Gasteiger partial charge on any atom is 0.244 e. The number of hydrogen-bond acceptors (Lipinski definition) is 7. The van der Waals surface area contributed by atoms with E-state index >= 15 is 0 Å². The van der Waals surface area contributed by atoms with Crippen LogP contribution in [0.5, 0.6) is 0 Å². The summed E-state index contributed by atoms with van der Waals surface area (Å²) in [6.07, 6.45) is 12.8. The van der Waals surface area contributed by atoms with Gasteiger partial charge in [-0.15, -0.1) is 0 Å². The summed E-state index contributed by atoms with van der Waals surface area (Å²) in [5, 5.41) is 2.89. The average Bonchev–Trinajstić information content (AvgIpc) is 3.43. The molecule has 8 heteroatoms. The third kappa shape index (κ3) is 4.01. The fourth-order valence-electron chi connectivity index (χ4n) is 4.97. The molecule has 0 saturated carbocycles. The van der Waals surface area contributed by atoms with Crippen molar-refractivity contribution in [2.75, 3.05) is 66.7 Å². The Balaban J connectivity index is 1.36. The van der Waals surface area contributed by atoms with Gasteiger partial charge in [0, 0.05) is 26.2 Å². The quantitative estimate of drug-likeness (QED) is 0.769. The maximum absolute atomic E-state index is 12.4. The van der Waals surface area contributed by atoms with Gasteiger partial charge in [-0.3, -0.25) is 9.69 Å². The highest BCUT2D eigenvalue weighted by Gasteiger charge is 2.30. The van der Waals surface area contributed by atoms with E-state index in [1.807, 2.05) is 0 Å². The van der Waals surface area contributed by atoms with Crippen molar-refractivity contribution in [1.82, 2.24) is 14.9 Å². The Labute approximate surface area is 177 Å². The predicted molar refractivity (Wildman–Crippen MR) is 120 cm³/mol. The summed E-state index contributed by atoms with van der Waals surface area (Å²) in [5.74, 6) is 2.10. The maximum atomic E-state index is 12.4. The first kappa shape index (κ1) is 19.4. The lowest BCUT2D eigenvalue weighted by atomic mass is 9.95. The zero-order valence-corrected chi connectivity index (χ0v) is 17.5. The van der Waals surface area contributed by atoms with E-state index in [9.17, 15) is 4.79 Å². The van der Waals surface area contributed by atoms with Crippen LogP contribution in [0.15, 0.2) is 23.8 Å². The van der Waals surface area contributed by atoms with Crippen LogP contribution in [0.2, 0.25) is 0 Å². The minimum atomic E-state index is -0.0562. The molecule has 3 N–H and O–H groups in total. The molecule has 1 amide bonds. The summed E-state index contributed by atoms with van der Waals surface area (Å²) in [6.45, 7) is 6.40. The molecule has 30 heavy (non-hydrogen) atoms. The number of allylic oxidation sites excluding steroid dienone is 1. The number of amides is 1. The predicted octanol–water partition coefficient (Wildman–Crippen LogP) is 2.02. The summed E-state index contributed by atoms with van der Waals surface area (Å²) in [6, 6.07) is 0. The van der Waals surface area contributed by atoms with Crippen LogP contribution in [0.4, 0.5) is 23.3 Å². The number of nitrogen functional groups attached to an aromatic ring is 1. The molecule has 0 bridgehead atoms. The van der Waals surface area contributed by atoms with Crippen molar-refractivity contribution in [3.63, 3.8) is 0 Å². The molecule has 1 unspecified atom stereocenters. The molecule has 4 heterocycles. The van der Waals surface area contributed by atoms with E-state index < -0.39 is 0 Å². The van der Waals surface area contributed by atoms with Gasteiger partial charge >= 0.3 is 0 Å². The Morgan fingerprint density at radius 3 is 2.67 bits per heavy atom. The van der Waals surface area contributed by atoms with Crippen molar-refractivity contribution in [2.45, 2.75) is 32.1 Å². The summed E-state index contributed by atoms with van der Waals surface area (Å²) >= 11 is 0. The number of likely N-dealkylation sites (tertiary alicyclic amines) is 1. The lowest BCUT2D eigenvalue weighted by Crippen LogP contribution is -2.42. The van der Waals surface area contributed by atoms with E-state index in [0.29, 0.717) is 29.9 Å². The molecule has 160 valence electrons. The molecule has 1 aromatic heterocycles. The summed E-state index contributed by atoms with van der Waals surface area (Å²) in [7, 11) is 0. The number of aromatic nitrogens is 2. The van der Waals surface area contributed by atoms with E-state index in [1.165, 1.54) is 31.5 Å². The van der Waals surface area contributed by atoms with E-state index in [1.54, 1.807) is 0 Å². The molecule has 3 aliphatic heterocycles. The molecule has 5 rings (SSSR count). The lowest BCUT2D eigenvalue weighted by Gasteiger charge is -2.33. The molecule has 1 atom stereocenters. The van der Waals surface area contributed by atoms with E-state index in [2.05, 4.69) is 43.2 Å². The average molecular weight is 410 g/mol. The molecule has 1 aromatic rings. The SMILES string of the molecule is Nc1nc(N2CCCC2)nc2c1NC(=O)CN2CC1C=C(CN2CCCC2)C=CC1. The number of carbonyl (C=O) groups is 1. The first-order valence-corrected chi connectivity index (χ1v) is 11.2. The standard InChI is InChI=1S/C22H31N7O/c23-20-19-21(26-22(25-20)28-10-3-4-11-28)29(15-18(30)24-19)14-17-7-5-6-16(12-17)13-27-8-1-2-9-27/h5-6,12,17H,1-4,7-11,13-15H2,(H,24,30)(H2,23,25,26). The van der Waals surface area contributed by atoms with Gasteiger partial charge < -0.3 is 20.9 Å². The monoisotopic (exact) mass is 409 g/mol. The number of nitrogens with two attached hydrogens (primary N) is 1. The fraction of sp³-hybridized carbons (Fsp3) is 0.591. The second kappa shape index (κ2) is 8.26. The van der Waals surface area contributed by atoms with Crippen LogP contribution in [-0.2, 0) is 4.79 Å². The Kier molecular flexibility index (Phi) is 5.33. The molecule has 2 saturated heterocycles. The number of fused-ring (bicyclic) bond motifs is 1. The van der Waals surface area contributed by atoms with Crippen molar-refractivity contribution in [2.24, 2.45) is 5.92 Å². The lowest BCUT2D eigenvalue weighted by molar-refractivity contribution is -0.115. The van der Waals surface area contributed by atoms with E-state index in [0.717, 1.165) is 51.3 Å². The summed E-state index contributed by atoms with van der Waals surface area (Å²) in [5.41, 5.74) is 8.17. The van der Waals surface area contributed by atoms with Crippen LogP contribution in [0, 0.1) is 5.92 Å². The van der Waals surface area contributed by atoms with Crippen LogP contribution in [0.1, 0.15) is 32.1 Å². The number of rotatable bonds is 5. The molecule has 0 radical (unpaired) electrons. The van der Waals surface area contributed by atoms with Crippen molar-refractivity contribution in [1.29, 1.82) is 0 Å². The Hall–Kier alpha value is -2.61.